The molecule has 5 rings (SSSR count). The number of carbonyl (C=O) groups is 1. The molecule has 3 aromatic heterocycles. The van der Waals surface area contributed by atoms with Crippen LogP contribution >= 0.6 is 0 Å². The van der Waals surface area contributed by atoms with Crippen molar-refractivity contribution in [2.75, 3.05) is 13.1 Å². The van der Waals surface area contributed by atoms with Crippen molar-refractivity contribution < 1.29 is 31.5 Å². The smallest absolute Gasteiger partial charge is 0.475 e. The number of nitrogens with one attached hydrogen (secondary N) is 2. The predicted octanol–water partition coefficient (Wildman–Crippen LogP) is 4.33. The lowest BCUT2D eigenvalue weighted by atomic mass is 10.0. The third kappa shape index (κ3) is 6.99. The lowest BCUT2D eigenvalue weighted by Gasteiger charge is -2.15. The van der Waals surface area contributed by atoms with E-state index in [1.54, 1.807) is 28.8 Å². The molecule has 0 bridgehead atoms. The maximum absolute atomic E-state index is 12.8. The number of H-pyrrole nitrogens is 1. The Hall–Kier alpha value is -3.81. The molecule has 1 aliphatic heterocycles. The molecule has 4 aromatic rings. The Bertz CT molecular complexity index is 1520. The van der Waals surface area contributed by atoms with E-state index in [1.165, 1.54) is 0 Å². The zero-order chi connectivity index (χ0) is 28.0. The highest BCUT2D eigenvalue weighted by Crippen LogP contribution is 2.30. The molecule has 13 heteroatoms. The number of hydrogen-bond acceptors (Lipinski definition) is 6. The Morgan fingerprint density at radius 2 is 1.74 bits per heavy atom. The average Bonchev–Trinajstić information content (AvgIpc) is 3.60. The number of nitrogens with zero attached hydrogens (tertiary/aromatic N) is 3. The summed E-state index contributed by atoms with van der Waals surface area (Å²) in [5, 5.41) is 11.6. The number of aromatic nitrogens is 3. The molecule has 1 aromatic carbocycles. The highest BCUT2D eigenvalue weighted by molar-refractivity contribution is 7.89. The quantitative estimate of drug-likeness (QED) is 0.306. The summed E-state index contributed by atoms with van der Waals surface area (Å²) in [6.07, 6.45) is 2.17. The van der Waals surface area contributed by atoms with Crippen LogP contribution in [0, 0.1) is 0 Å². The summed E-state index contributed by atoms with van der Waals surface area (Å²) in [7, 11) is -3.41. The van der Waals surface area contributed by atoms with Gasteiger partial charge in [-0.15, -0.1) is 0 Å². The minimum atomic E-state index is -5.08. The van der Waals surface area contributed by atoms with Crippen LogP contribution in [-0.4, -0.2) is 58.0 Å². The second-order valence-electron chi connectivity index (χ2n) is 8.82. The largest absolute Gasteiger partial charge is 0.490 e. The van der Waals surface area contributed by atoms with Gasteiger partial charge in [0.2, 0.25) is 10.0 Å². The first-order chi connectivity index (χ1) is 18.6. The van der Waals surface area contributed by atoms with E-state index in [9.17, 15) is 21.6 Å². The van der Waals surface area contributed by atoms with Crippen molar-refractivity contribution in [1.29, 1.82) is 0 Å². The van der Waals surface area contributed by atoms with Gasteiger partial charge in [-0.3, -0.25) is 4.98 Å². The van der Waals surface area contributed by atoms with Crippen LogP contribution < -0.4 is 5.32 Å². The molecular formula is C26H26F3N5O4S. The number of benzene rings is 1. The standard InChI is InChI=1S/C24H25N5O2S.C2HF3O2/c30-32(31,29-12-1-2-13-29)21-7-5-19(6-8-21)22-9-11-27-24-23(22)14-20(28-24)17-26-16-18-4-3-10-25-15-18;3-2(4,5)1(6)7/h3-11,14-15,26H,1-2,12-13,16-17H2,(H,27,28);(H,6,7). The zero-order valence-electron chi connectivity index (χ0n) is 20.6. The summed E-state index contributed by atoms with van der Waals surface area (Å²) in [6.45, 7) is 2.63. The summed E-state index contributed by atoms with van der Waals surface area (Å²) in [5.41, 5.74) is 4.97. The number of aromatic amines is 1. The van der Waals surface area contributed by atoms with E-state index < -0.39 is 22.2 Å². The number of fused-ring (bicyclic) bond motifs is 1. The Balaban J connectivity index is 0.000000448. The van der Waals surface area contributed by atoms with Gasteiger partial charge in [-0.1, -0.05) is 18.2 Å². The van der Waals surface area contributed by atoms with Crippen LogP contribution in [0.25, 0.3) is 22.2 Å². The van der Waals surface area contributed by atoms with Crippen LogP contribution in [-0.2, 0) is 27.9 Å². The molecule has 1 fully saturated rings. The van der Waals surface area contributed by atoms with Crippen LogP contribution in [0.3, 0.4) is 0 Å². The van der Waals surface area contributed by atoms with Crippen molar-refractivity contribution in [2.45, 2.75) is 37.0 Å². The molecule has 4 heterocycles. The summed E-state index contributed by atoms with van der Waals surface area (Å²) >= 11 is 0. The number of sulfonamides is 1. The van der Waals surface area contributed by atoms with E-state index in [1.807, 2.05) is 36.5 Å². The summed E-state index contributed by atoms with van der Waals surface area (Å²) in [4.78, 5) is 21.2. The SMILES string of the molecule is O=C(O)C(F)(F)F.O=S(=O)(c1ccc(-c2ccnc3[nH]c(CNCc4cccnc4)cc23)cc1)N1CCCC1. The monoisotopic (exact) mass is 561 g/mol. The Morgan fingerprint density at radius 1 is 1.05 bits per heavy atom. The molecule has 1 saturated heterocycles. The maximum Gasteiger partial charge on any atom is 0.490 e. The van der Waals surface area contributed by atoms with E-state index in [4.69, 9.17) is 9.90 Å². The Kier molecular flexibility index (Phi) is 8.63. The van der Waals surface area contributed by atoms with Crippen molar-refractivity contribution in [3.05, 3.63) is 78.4 Å². The van der Waals surface area contributed by atoms with Crippen molar-refractivity contribution >= 4 is 27.0 Å². The first-order valence-electron chi connectivity index (χ1n) is 12.0. The van der Waals surface area contributed by atoms with E-state index in [0.29, 0.717) is 24.5 Å². The zero-order valence-corrected chi connectivity index (χ0v) is 21.5. The fourth-order valence-corrected chi connectivity index (χ4v) is 5.67. The van der Waals surface area contributed by atoms with Gasteiger partial charge in [0, 0.05) is 55.8 Å². The van der Waals surface area contributed by atoms with E-state index in [-0.39, 0.29) is 0 Å². The lowest BCUT2D eigenvalue weighted by molar-refractivity contribution is -0.192. The van der Waals surface area contributed by atoms with Crippen LogP contribution in [0.15, 0.2) is 72.0 Å². The highest BCUT2D eigenvalue weighted by Gasteiger charge is 2.38. The minimum Gasteiger partial charge on any atom is -0.475 e. The van der Waals surface area contributed by atoms with Crippen molar-refractivity contribution in [3.8, 4) is 11.1 Å². The molecule has 9 nitrogen and oxygen atoms in total. The van der Waals surface area contributed by atoms with Crippen molar-refractivity contribution in [1.82, 2.24) is 24.6 Å². The number of carboxylic acid groups (broad SMARTS) is 1. The van der Waals surface area contributed by atoms with Gasteiger partial charge in [-0.25, -0.2) is 18.2 Å². The van der Waals surface area contributed by atoms with Gasteiger partial charge >= 0.3 is 12.1 Å². The second-order valence-corrected chi connectivity index (χ2v) is 10.8. The molecule has 0 aliphatic carbocycles. The highest BCUT2D eigenvalue weighted by atomic mass is 32.2. The minimum absolute atomic E-state index is 0.350. The molecule has 0 atom stereocenters. The Morgan fingerprint density at radius 3 is 2.36 bits per heavy atom. The first kappa shape index (κ1) is 28.2. The number of rotatable bonds is 7. The predicted molar refractivity (Wildman–Crippen MR) is 138 cm³/mol. The molecule has 0 spiro atoms. The van der Waals surface area contributed by atoms with Gasteiger partial charge < -0.3 is 15.4 Å². The van der Waals surface area contributed by atoms with E-state index in [2.05, 4.69) is 26.3 Å². The molecule has 0 unspecified atom stereocenters. The summed E-state index contributed by atoms with van der Waals surface area (Å²) in [6, 6.07) is 15.2. The molecular weight excluding hydrogens is 535 g/mol. The number of halogens is 3. The third-order valence-electron chi connectivity index (χ3n) is 6.07. The van der Waals surface area contributed by atoms with Gasteiger partial charge in [-0.2, -0.15) is 17.5 Å². The van der Waals surface area contributed by atoms with Crippen LogP contribution in [0.5, 0.6) is 0 Å². The van der Waals surface area contributed by atoms with Crippen LogP contribution in [0.1, 0.15) is 24.1 Å². The maximum atomic E-state index is 12.8. The van der Waals surface area contributed by atoms with Gasteiger partial charge in [0.1, 0.15) is 5.65 Å². The fraction of sp³-hybridized carbons (Fsp3) is 0.269. The fourth-order valence-electron chi connectivity index (χ4n) is 4.16. The van der Waals surface area contributed by atoms with Gasteiger partial charge in [0.15, 0.2) is 0 Å². The summed E-state index contributed by atoms with van der Waals surface area (Å²) in [5.74, 6) is -2.76. The van der Waals surface area contributed by atoms with Crippen molar-refractivity contribution in [2.24, 2.45) is 0 Å². The molecule has 1 aliphatic rings. The number of pyridine rings is 2. The van der Waals surface area contributed by atoms with Crippen LogP contribution in [0.2, 0.25) is 0 Å². The first-order valence-corrected chi connectivity index (χ1v) is 13.5. The normalized spacial score (nSPS) is 14.2. The molecule has 206 valence electrons. The molecule has 39 heavy (non-hydrogen) atoms. The Labute approximate surface area is 222 Å². The van der Waals surface area contributed by atoms with Crippen molar-refractivity contribution in [3.63, 3.8) is 0 Å². The average molecular weight is 562 g/mol. The van der Waals surface area contributed by atoms with E-state index in [0.717, 1.165) is 52.8 Å². The number of carboxylic acids is 1. The lowest BCUT2D eigenvalue weighted by Crippen LogP contribution is -2.27. The van der Waals surface area contributed by atoms with E-state index >= 15 is 0 Å². The summed E-state index contributed by atoms with van der Waals surface area (Å²) < 4.78 is 58.9. The molecule has 0 amide bonds. The molecule has 3 N–H and O–H groups in total. The number of aliphatic carboxylic acids is 1. The van der Waals surface area contributed by atoms with Gasteiger partial charge in [-0.05, 0) is 59.9 Å². The molecule has 0 radical (unpaired) electrons. The molecule has 0 saturated carbocycles. The second kappa shape index (κ2) is 11.9. The number of hydrogen-bond donors (Lipinski definition) is 3. The third-order valence-corrected chi connectivity index (χ3v) is 7.98. The number of alkyl halides is 3. The topological polar surface area (TPSA) is 128 Å². The van der Waals surface area contributed by atoms with Gasteiger partial charge in [0.25, 0.3) is 0 Å². The van der Waals surface area contributed by atoms with Gasteiger partial charge in [0.05, 0.1) is 4.90 Å². The van der Waals surface area contributed by atoms with Crippen LogP contribution in [0.4, 0.5) is 13.2 Å².